The Balaban J connectivity index is 2.76. The molecule has 1 rings (SSSR count). The molecule has 0 N–H and O–H groups in total. The van der Waals surface area contributed by atoms with Crippen molar-refractivity contribution in [3.05, 3.63) is 14.2 Å². The van der Waals surface area contributed by atoms with E-state index in [4.69, 9.17) is 4.74 Å². The zero-order valence-corrected chi connectivity index (χ0v) is 6.38. The van der Waals surface area contributed by atoms with Gasteiger partial charge in [-0.25, -0.2) is 0 Å². The second-order valence-corrected chi connectivity index (χ2v) is 3.39. The van der Waals surface area contributed by atoms with Crippen molar-refractivity contribution in [1.82, 2.24) is 0 Å². The summed E-state index contributed by atoms with van der Waals surface area (Å²) in [7, 11) is 1.70. The van der Waals surface area contributed by atoms with Crippen LogP contribution in [0.2, 0.25) is 0 Å². The summed E-state index contributed by atoms with van der Waals surface area (Å²) in [5.74, 6) is 1.04. The van der Waals surface area contributed by atoms with Gasteiger partial charge in [0.2, 0.25) is 0 Å². The van der Waals surface area contributed by atoms with Crippen LogP contribution in [0, 0.1) is 0 Å². The van der Waals surface area contributed by atoms with E-state index in [9.17, 15) is 0 Å². The van der Waals surface area contributed by atoms with Crippen molar-refractivity contribution in [2.24, 2.45) is 0 Å². The molecule has 0 saturated heterocycles. The van der Waals surface area contributed by atoms with Crippen molar-refractivity contribution < 1.29 is 4.74 Å². The molecular formula is C5H6OTe. The zero-order valence-electron chi connectivity index (χ0n) is 4.05. The Morgan fingerprint density at radius 1 is 1.71 bits per heavy atom. The Bertz CT molecular complexity index is 123. The third-order valence-corrected chi connectivity index (χ3v) is 2.62. The monoisotopic (exact) mass is 212 g/mol. The van der Waals surface area contributed by atoms with E-state index in [1.807, 2.05) is 6.07 Å². The molecular weight excluding hydrogens is 204 g/mol. The van der Waals surface area contributed by atoms with E-state index in [0.717, 1.165) is 5.75 Å². The van der Waals surface area contributed by atoms with Gasteiger partial charge in [0.15, 0.2) is 0 Å². The molecule has 0 spiro atoms. The van der Waals surface area contributed by atoms with Crippen LogP contribution >= 0.6 is 0 Å². The van der Waals surface area contributed by atoms with Gasteiger partial charge >= 0.3 is 52.3 Å². The standard InChI is InChI=1S/C5H6OTe/c1-6-5-2-3-7-4-5/h2-4H,1H3. The average molecular weight is 210 g/mol. The van der Waals surface area contributed by atoms with Gasteiger partial charge in [-0.05, 0) is 0 Å². The van der Waals surface area contributed by atoms with Gasteiger partial charge in [-0.3, -0.25) is 0 Å². The summed E-state index contributed by atoms with van der Waals surface area (Å²) < 4.78 is 9.29. The third-order valence-electron chi connectivity index (χ3n) is 0.731. The summed E-state index contributed by atoms with van der Waals surface area (Å²) in [5, 5.41) is 0. The molecule has 0 bridgehead atoms. The first-order chi connectivity index (χ1) is 3.43. The Morgan fingerprint density at radius 2 is 2.57 bits per heavy atom. The zero-order chi connectivity index (χ0) is 5.11. The van der Waals surface area contributed by atoms with Gasteiger partial charge in [0, 0.05) is 0 Å². The Labute approximate surface area is 52.5 Å². The van der Waals surface area contributed by atoms with Gasteiger partial charge in [0.05, 0.1) is 0 Å². The first-order valence-corrected chi connectivity index (χ1v) is 4.69. The summed E-state index contributed by atoms with van der Waals surface area (Å²) in [6.45, 7) is 0. The predicted octanol–water partition coefficient (Wildman–Crippen LogP) is 0.752. The van der Waals surface area contributed by atoms with E-state index in [2.05, 4.69) is 8.16 Å². The third kappa shape index (κ3) is 1.22. The summed E-state index contributed by atoms with van der Waals surface area (Å²) >= 11 is 0.0821. The summed E-state index contributed by atoms with van der Waals surface area (Å²) in [6.07, 6.45) is 0. The quantitative estimate of drug-likeness (QED) is 0.621. The van der Waals surface area contributed by atoms with Crippen LogP contribution in [0.3, 0.4) is 0 Å². The van der Waals surface area contributed by atoms with Crippen LogP contribution in [-0.2, 0) is 0 Å². The van der Waals surface area contributed by atoms with Crippen molar-refractivity contribution in [3.8, 4) is 5.75 Å². The molecule has 1 nitrogen and oxygen atoms in total. The fourth-order valence-corrected chi connectivity index (χ4v) is 2.08. The van der Waals surface area contributed by atoms with Crippen LogP contribution in [0.15, 0.2) is 14.2 Å². The van der Waals surface area contributed by atoms with Gasteiger partial charge < -0.3 is 0 Å². The molecule has 0 unspecified atom stereocenters. The van der Waals surface area contributed by atoms with Gasteiger partial charge in [-0.1, -0.05) is 0 Å². The van der Waals surface area contributed by atoms with Crippen molar-refractivity contribution in [3.63, 3.8) is 0 Å². The van der Waals surface area contributed by atoms with Crippen molar-refractivity contribution in [1.29, 1.82) is 0 Å². The molecule has 38 valence electrons. The molecule has 0 aromatic carbocycles. The molecule has 0 aliphatic carbocycles. The second kappa shape index (κ2) is 2.40. The molecule has 0 amide bonds. The van der Waals surface area contributed by atoms with Crippen LogP contribution in [0.1, 0.15) is 0 Å². The Hall–Kier alpha value is 0.0696. The molecule has 0 radical (unpaired) electrons. The molecule has 0 atom stereocenters. The van der Waals surface area contributed by atoms with Gasteiger partial charge in [-0.15, -0.1) is 0 Å². The van der Waals surface area contributed by atoms with E-state index < -0.39 is 0 Å². The van der Waals surface area contributed by atoms with E-state index in [-0.39, 0.29) is 20.4 Å². The van der Waals surface area contributed by atoms with E-state index in [1.165, 1.54) is 0 Å². The average Bonchev–Trinajstić information content (AvgIpc) is 2.14. The fourth-order valence-electron chi connectivity index (χ4n) is 0.368. The van der Waals surface area contributed by atoms with Crippen LogP contribution < -0.4 is 4.74 Å². The molecule has 0 fully saturated rings. The molecule has 1 heterocycles. The normalized spacial score (nSPS) is 8.71. The minimum atomic E-state index is 0.0821. The molecule has 0 saturated carbocycles. The molecule has 1 aromatic rings. The summed E-state index contributed by atoms with van der Waals surface area (Å²) in [4.78, 5) is 0. The number of ether oxygens (including phenoxy) is 1. The molecule has 0 aliphatic rings. The number of rotatable bonds is 1. The topological polar surface area (TPSA) is 9.23 Å². The van der Waals surface area contributed by atoms with Crippen LogP contribution in [-0.4, -0.2) is 27.5 Å². The Morgan fingerprint density at radius 3 is 2.86 bits per heavy atom. The molecule has 1 aromatic heterocycles. The van der Waals surface area contributed by atoms with E-state index in [0.29, 0.717) is 0 Å². The maximum atomic E-state index is 4.92. The number of methoxy groups -OCH3 is 1. The van der Waals surface area contributed by atoms with Crippen LogP contribution in [0.25, 0.3) is 0 Å². The first kappa shape index (κ1) is 5.21. The van der Waals surface area contributed by atoms with Gasteiger partial charge in [0.25, 0.3) is 0 Å². The van der Waals surface area contributed by atoms with Crippen molar-refractivity contribution in [2.75, 3.05) is 7.11 Å². The molecule has 0 aliphatic heterocycles. The number of hydrogen-bond acceptors (Lipinski definition) is 1. The fraction of sp³-hybridized carbons (Fsp3) is 0.200. The summed E-state index contributed by atoms with van der Waals surface area (Å²) in [5.41, 5.74) is 0. The SMILES string of the molecule is COc1cc[te]c1. The molecule has 2 heteroatoms. The van der Waals surface area contributed by atoms with Crippen LogP contribution in [0.5, 0.6) is 5.75 Å². The number of hydrogen-bond donors (Lipinski definition) is 0. The van der Waals surface area contributed by atoms with Crippen LogP contribution in [0.4, 0.5) is 0 Å². The second-order valence-electron chi connectivity index (χ2n) is 1.16. The van der Waals surface area contributed by atoms with Gasteiger partial charge in [0.1, 0.15) is 0 Å². The van der Waals surface area contributed by atoms with Crippen molar-refractivity contribution in [2.45, 2.75) is 0 Å². The maximum absolute atomic E-state index is 4.92. The first-order valence-electron chi connectivity index (χ1n) is 1.99. The van der Waals surface area contributed by atoms with Gasteiger partial charge in [-0.2, -0.15) is 0 Å². The summed E-state index contributed by atoms with van der Waals surface area (Å²) in [6, 6.07) is 2.03. The predicted molar refractivity (Wildman–Crippen MR) is 29.9 cm³/mol. The molecule has 7 heavy (non-hydrogen) atoms. The van der Waals surface area contributed by atoms with Crippen molar-refractivity contribution >= 4 is 20.4 Å². The van der Waals surface area contributed by atoms with E-state index in [1.54, 1.807) is 7.11 Å². The van der Waals surface area contributed by atoms with E-state index >= 15 is 0 Å². The minimum absolute atomic E-state index is 0.0821. The Kier molecular flexibility index (Phi) is 1.78.